The molecule has 0 unspecified atom stereocenters. The van der Waals surface area contributed by atoms with Gasteiger partial charge in [0.25, 0.3) is 0 Å². The summed E-state index contributed by atoms with van der Waals surface area (Å²) in [6.45, 7) is 1.85. The van der Waals surface area contributed by atoms with Gasteiger partial charge >= 0.3 is 5.97 Å². The summed E-state index contributed by atoms with van der Waals surface area (Å²) in [5.74, 6) is -0.879. The van der Waals surface area contributed by atoms with Crippen LogP contribution in [0.5, 0.6) is 0 Å². The molecule has 0 aliphatic heterocycles. The van der Waals surface area contributed by atoms with Crippen LogP contribution in [-0.4, -0.2) is 16.1 Å². The average molecular weight is 267 g/mol. The van der Waals surface area contributed by atoms with Crippen molar-refractivity contribution in [2.75, 3.05) is 0 Å². The first-order valence-electron chi connectivity index (χ1n) is 6.54. The Kier molecular flexibility index (Phi) is 4.66. The second-order valence-corrected chi connectivity index (χ2v) is 4.76. The third-order valence-corrected chi connectivity index (χ3v) is 3.15. The predicted octanol–water partition coefficient (Wildman–Crippen LogP) is 3.71. The van der Waals surface area contributed by atoms with Crippen molar-refractivity contribution >= 4 is 5.97 Å². The number of hydrogen-bond donors (Lipinski definition) is 1. The van der Waals surface area contributed by atoms with E-state index in [-0.39, 0.29) is 0 Å². The number of pyridine rings is 1. The highest BCUT2D eigenvalue weighted by Gasteiger charge is 1.99. The standard InChI is InChI=1S/C17H17NO2/c1-13(12-17(19)20)2-3-14-4-6-15(7-5-14)16-8-10-18-11-9-16/h4-12H,2-3H2,1H3,(H,19,20)/b13-12+. The van der Waals surface area contributed by atoms with Crippen molar-refractivity contribution in [1.82, 2.24) is 4.98 Å². The maximum atomic E-state index is 10.5. The number of allylic oxidation sites excluding steroid dienone is 1. The van der Waals surface area contributed by atoms with Crippen molar-refractivity contribution in [2.45, 2.75) is 19.8 Å². The highest BCUT2D eigenvalue weighted by atomic mass is 16.4. The first-order valence-corrected chi connectivity index (χ1v) is 6.54. The largest absolute Gasteiger partial charge is 0.478 e. The number of hydrogen-bond acceptors (Lipinski definition) is 2. The van der Waals surface area contributed by atoms with Gasteiger partial charge in [-0.3, -0.25) is 4.98 Å². The molecule has 0 radical (unpaired) electrons. The molecule has 1 aromatic carbocycles. The summed E-state index contributed by atoms with van der Waals surface area (Å²) >= 11 is 0. The van der Waals surface area contributed by atoms with E-state index in [4.69, 9.17) is 5.11 Å². The van der Waals surface area contributed by atoms with Gasteiger partial charge in [0.15, 0.2) is 0 Å². The maximum Gasteiger partial charge on any atom is 0.328 e. The summed E-state index contributed by atoms with van der Waals surface area (Å²) in [5, 5.41) is 8.66. The van der Waals surface area contributed by atoms with Gasteiger partial charge in [0.2, 0.25) is 0 Å². The fraction of sp³-hybridized carbons (Fsp3) is 0.176. The van der Waals surface area contributed by atoms with E-state index in [1.54, 1.807) is 12.4 Å². The SMILES string of the molecule is C/C(=C\C(=O)O)CCc1ccc(-c2ccncc2)cc1. The van der Waals surface area contributed by atoms with E-state index in [0.717, 1.165) is 29.5 Å². The number of carbonyl (C=O) groups is 1. The van der Waals surface area contributed by atoms with E-state index in [0.29, 0.717) is 0 Å². The highest BCUT2D eigenvalue weighted by molar-refractivity contribution is 5.80. The Morgan fingerprint density at radius 2 is 1.70 bits per heavy atom. The molecule has 2 rings (SSSR count). The molecule has 3 nitrogen and oxygen atoms in total. The zero-order chi connectivity index (χ0) is 14.4. The lowest BCUT2D eigenvalue weighted by Crippen LogP contribution is -1.92. The normalized spacial score (nSPS) is 11.3. The summed E-state index contributed by atoms with van der Waals surface area (Å²) < 4.78 is 0. The number of benzene rings is 1. The van der Waals surface area contributed by atoms with Gasteiger partial charge in [0, 0.05) is 18.5 Å². The van der Waals surface area contributed by atoms with Crippen molar-refractivity contribution < 1.29 is 9.90 Å². The molecule has 1 heterocycles. The Bertz CT molecular complexity index is 601. The second-order valence-electron chi connectivity index (χ2n) is 4.76. The Hall–Kier alpha value is -2.42. The van der Waals surface area contributed by atoms with E-state index < -0.39 is 5.97 Å². The summed E-state index contributed by atoms with van der Waals surface area (Å²) in [4.78, 5) is 14.5. The van der Waals surface area contributed by atoms with Crippen LogP contribution in [0.1, 0.15) is 18.9 Å². The number of aromatic nitrogens is 1. The van der Waals surface area contributed by atoms with Crippen LogP contribution in [0.2, 0.25) is 0 Å². The summed E-state index contributed by atoms with van der Waals surface area (Å²) in [7, 11) is 0. The molecule has 0 saturated heterocycles. The molecule has 0 amide bonds. The van der Waals surface area contributed by atoms with E-state index in [2.05, 4.69) is 29.2 Å². The quantitative estimate of drug-likeness (QED) is 0.840. The van der Waals surface area contributed by atoms with Crippen molar-refractivity contribution in [3.63, 3.8) is 0 Å². The molecule has 3 heteroatoms. The van der Waals surface area contributed by atoms with Crippen molar-refractivity contribution in [3.8, 4) is 11.1 Å². The fourth-order valence-electron chi connectivity index (χ4n) is 2.03. The molecule has 102 valence electrons. The van der Waals surface area contributed by atoms with Crippen LogP contribution >= 0.6 is 0 Å². The summed E-state index contributed by atoms with van der Waals surface area (Å²) in [6.07, 6.45) is 6.45. The van der Waals surface area contributed by atoms with Crippen molar-refractivity contribution in [3.05, 3.63) is 66.0 Å². The third kappa shape index (κ3) is 4.05. The Morgan fingerprint density at radius 1 is 1.10 bits per heavy atom. The van der Waals surface area contributed by atoms with Crippen LogP contribution in [0, 0.1) is 0 Å². The monoisotopic (exact) mass is 267 g/mol. The van der Waals surface area contributed by atoms with Gasteiger partial charge in [-0.15, -0.1) is 0 Å². The highest BCUT2D eigenvalue weighted by Crippen LogP contribution is 2.19. The van der Waals surface area contributed by atoms with E-state index in [1.807, 2.05) is 19.1 Å². The van der Waals surface area contributed by atoms with Gasteiger partial charge < -0.3 is 5.11 Å². The molecule has 20 heavy (non-hydrogen) atoms. The number of aliphatic carboxylic acids is 1. The van der Waals surface area contributed by atoms with E-state index in [9.17, 15) is 4.79 Å². The molecule has 0 bridgehead atoms. The molecule has 1 aromatic heterocycles. The van der Waals surface area contributed by atoms with Crippen LogP contribution in [0.15, 0.2) is 60.4 Å². The first kappa shape index (κ1) is 14.0. The van der Waals surface area contributed by atoms with Gasteiger partial charge in [-0.1, -0.05) is 29.8 Å². The number of carboxylic acid groups (broad SMARTS) is 1. The zero-order valence-electron chi connectivity index (χ0n) is 11.4. The van der Waals surface area contributed by atoms with Crippen LogP contribution in [0.25, 0.3) is 11.1 Å². The molecule has 0 atom stereocenters. The van der Waals surface area contributed by atoms with Crippen LogP contribution in [0.4, 0.5) is 0 Å². The van der Waals surface area contributed by atoms with Crippen molar-refractivity contribution in [1.29, 1.82) is 0 Å². The molecule has 0 fully saturated rings. The average Bonchev–Trinajstić information content (AvgIpc) is 2.46. The minimum absolute atomic E-state index is 0.765. The maximum absolute atomic E-state index is 10.5. The Balaban J connectivity index is 2.01. The summed E-state index contributed by atoms with van der Waals surface area (Å²) in [6, 6.07) is 12.3. The lowest BCUT2D eigenvalue weighted by Gasteiger charge is -2.05. The van der Waals surface area contributed by atoms with Crippen LogP contribution in [-0.2, 0) is 11.2 Å². The smallest absolute Gasteiger partial charge is 0.328 e. The lowest BCUT2D eigenvalue weighted by molar-refractivity contribution is -0.131. The molecular formula is C17H17NO2. The molecule has 0 saturated carbocycles. The Labute approximate surface area is 118 Å². The van der Waals surface area contributed by atoms with Crippen LogP contribution < -0.4 is 0 Å². The molecule has 0 aliphatic rings. The Morgan fingerprint density at radius 3 is 2.30 bits per heavy atom. The topological polar surface area (TPSA) is 50.2 Å². The molecule has 2 aromatic rings. The first-order chi connectivity index (χ1) is 9.65. The van der Waals surface area contributed by atoms with E-state index >= 15 is 0 Å². The molecule has 0 aliphatic carbocycles. The molecule has 0 spiro atoms. The third-order valence-electron chi connectivity index (χ3n) is 3.15. The minimum atomic E-state index is -0.879. The lowest BCUT2D eigenvalue weighted by atomic mass is 10.0. The molecule has 1 N–H and O–H groups in total. The number of rotatable bonds is 5. The van der Waals surface area contributed by atoms with Gasteiger partial charge in [-0.25, -0.2) is 4.79 Å². The number of carboxylic acids is 1. The minimum Gasteiger partial charge on any atom is -0.478 e. The number of nitrogens with zero attached hydrogens (tertiary/aromatic N) is 1. The van der Waals surface area contributed by atoms with E-state index in [1.165, 1.54) is 11.6 Å². The predicted molar refractivity (Wildman–Crippen MR) is 79.4 cm³/mol. The molecular weight excluding hydrogens is 250 g/mol. The fourth-order valence-corrected chi connectivity index (χ4v) is 2.03. The zero-order valence-corrected chi connectivity index (χ0v) is 11.4. The van der Waals surface area contributed by atoms with Gasteiger partial charge in [-0.2, -0.15) is 0 Å². The van der Waals surface area contributed by atoms with Crippen molar-refractivity contribution in [2.24, 2.45) is 0 Å². The summed E-state index contributed by atoms with van der Waals surface area (Å²) in [5.41, 5.74) is 4.40. The number of aryl methyl sites for hydroxylation is 1. The van der Waals surface area contributed by atoms with Gasteiger partial charge in [0.1, 0.15) is 0 Å². The second kappa shape index (κ2) is 6.66. The van der Waals surface area contributed by atoms with Crippen LogP contribution in [0.3, 0.4) is 0 Å². The van der Waals surface area contributed by atoms with Gasteiger partial charge in [0.05, 0.1) is 0 Å². The van der Waals surface area contributed by atoms with Gasteiger partial charge in [-0.05, 0) is 48.6 Å².